The van der Waals surface area contributed by atoms with E-state index in [1.54, 1.807) is 6.07 Å². The van der Waals surface area contributed by atoms with Crippen molar-refractivity contribution in [2.24, 2.45) is 0 Å². The van der Waals surface area contributed by atoms with Crippen molar-refractivity contribution in [3.8, 4) is 0 Å². The Kier molecular flexibility index (Phi) is 5.23. The molecule has 0 bridgehead atoms. The second-order valence-electron chi connectivity index (χ2n) is 5.41. The number of hydrogen-bond acceptors (Lipinski definition) is 2. The summed E-state index contributed by atoms with van der Waals surface area (Å²) in [5.74, 6) is -0.0854. The number of nitrogens with zero attached hydrogens (tertiary/aromatic N) is 1. The minimum atomic E-state index is -0.225. The summed E-state index contributed by atoms with van der Waals surface area (Å²) in [7, 11) is 1.94. The van der Waals surface area contributed by atoms with E-state index < -0.39 is 0 Å². The molecule has 2 nitrogen and oxygen atoms in total. The van der Waals surface area contributed by atoms with Crippen LogP contribution in [0.2, 0.25) is 0 Å². The van der Waals surface area contributed by atoms with Crippen LogP contribution in [0.1, 0.15) is 27.9 Å². The van der Waals surface area contributed by atoms with Crippen LogP contribution < -0.4 is 0 Å². The Morgan fingerprint density at radius 1 is 1.14 bits per heavy atom. The van der Waals surface area contributed by atoms with Crippen LogP contribution in [0.25, 0.3) is 0 Å². The molecule has 0 spiro atoms. The molecule has 0 aromatic heterocycles. The van der Waals surface area contributed by atoms with Crippen molar-refractivity contribution in [1.82, 2.24) is 4.90 Å². The lowest BCUT2D eigenvalue weighted by Crippen LogP contribution is -2.21. The standard InChI is InChI=1S/C18H20FNO/c1-14-6-8-16(9-7-14)18(21)10-11-20(2)13-15-4-3-5-17(19)12-15/h3-9,12H,10-11,13H2,1-2H3. The monoisotopic (exact) mass is 285 g/mol. The number of hydrogen-bond donors (Lipinski definition) is 0. The van der Waals surface area contributed by atoms with E-state index in [-0.39, 0.29) is 11.6 Å². The molecule has 0 saturated heterocycles. The zero-order chi connectivity index (χ0) is 15.2. The van der Waals surface area contributed by atoms with E-state index in [4.69, 9.17) is 0 Å². The summed E-state index contributed by atoms with van der Waals surface area (Å²) in [6, 6.07) is 14.2. The van der Waals surface area contributed by atoms with Crippen LogP contribution in [0, 0.1) is 12.7 Å². The minimum absolute atomic E-state index is 0.140. The zero-order valence-corrected chi connectivity index (χ0v) is 12.5. The van der Waals surface area contributed by atoms with Gasteiger partial charge >= 0.3 is 0 Å². The first-order valence-corrected chi connectivity index (χ1v) is 7.07. The van der Waals surface area contributed by atoms with E-state index in [0.29, 0.717) is 19.5 Å². The van der Waals surface area contributed by atoms with Gasteiger partial charge in [-0.2, -0.15) is 0 Å². The topological polar surface area (TPSA) is 20.3 Å². The van der Waals surface area contributed by atoms with E-state index in [0.717, 1.165) is 16.7 Å². The number of ketones is 1. The third kappa shape index (κ3) is 4.80. The third-order valence-corrected chi connectivity index (χ3v) is 3.44. The fourth-order valence-corrected chi connectivity index (χ4v) is 2.20. The molecule has 0 atom stereocenters. The highest BCUT2D eigenvalue weighted by Crippen LogP contribution is 2.09. The summed E-state index contributed by atoms with van der Waals surface area (Å²) in [6.07, 6.45) is 0.467. The number of Topliss-reactive ketones (excluding diaryl/α,β-unsaturated/α-hetero) is 1. The lowest BCUT2D eigenvalue weighted by molar-refractivity contribution is 0.0968. The highest BCUT2D eigenvalue weighted by Gasteiger charge is 2.08. The van der Waals surface area contributed by atoms with Gasteiger partial charge in [-0.15, -0.1) is 0 Å². The molecule has 0 unspecified atom stereocenters. The second kappa shape index (κ2) is 7.14. The van der Waals surface area contributed by atoms with E-state index in [9.17, 15) is 9.18 Å². The highest BCUT2D eigenvalue weighted by molar-refractivity contribution is 5.96. The Hall–Kier alpha value is -2.00. The molecule has 2 rings (SSSR count). The summed E-state index contributed by atoms with van der Waals surface area (Å²) in [6.45, 7) is 3.29. The van der Waals surface area contributed by atoms with Crippen molar-refractivity contribution >= 4 is 5.78 Å². The van der Waals surface area contributed by atoms with Crippen LogP contribution in [0.3, 0.4) is 0 Å². The molecule has 0 aliphatic rings. The Balaban J connectivity index is 1.84. The normalized spacial score (nSPS) is 10.9. The lowest BCUT2D eigenvalue weighted by atomic mass is 10.1. The molecule has 0 aliphatic carbocycles. The number of rotatable bonds is 6. The predicted molar refractivity (Wildman–Crippen MR) is 82.9 cm³/mol. The van der Waals surface area contributed by atoms with Crippen LogP contribution >= 0.6 is 0 Å². The maximum atomic E-state index is 13.1. The zero-order valence-electron chi connectivity index (χ0n) is 12.5. The fraction of sp³-hybridized carbons (Fsp3) is 0.278. The minimum Gasteiger partial charge on any atom is -0.302 e. The molecule has 0 heterocycles. The third-order valence-electron chi connectivity index (χ3n) is 3.44. The van der Waals surface area contributed by atoms with E-state index in [2.05, 4.69) is 0 Å². The molecule has 0 amide bonds. The first-order valence-electron chi connectivity index (χ1n) is 7.07. The van der Waals surface area contributed by atoms with Crippen LogP contribution in [0.15, 0.2) is 48.5 Å². The molecule has 0 aliphatic heterocycles. The van der Waals surface area contributed by atoms with Gasteiger partial charge in [0.2, 0.25) is 0 Å². The maximum absolute atomic E-state index is 13.1. The molecule has 110 valence electrons. The van der Waals surface area contributed by atoms with Crippen molar-refractivity contribution < 1.29 is 9.18 Å². The average molecular weight is 285 g/mol. The first-order chi connectivity index (χ1) is 10.0. The quantitative estimate of drug-likeness (QED) is 0.752. The van der Waals surface area contributed by atoms with Crippen molar-refractivity contribution in [3.63, 3.8) is 0 Å². The van der Waals surface area contributed by atoms with Gasteiger partial charge < -0.3 is 4.90 Å². The van der Waals surface area contributed by atoms with Gasteiger partial charge in [-0.1, -0.05) is 42.0 Å². The fourth-order valence-electron chi connectivity index (χ4n) is 2.20. The van der Waals surface area contributed by atoms with Crippen LogP contribution in [-0.2, 0) is 6.54 Å². The van der Waals surface area contributed by atoms with E-state index in [1.165, 1.54) is 12.1 Å². The molecule has 2 aromatic carbocycles. The SMILES string of the molecule is Cc1ccc(C(=O)CCN(C)Cc2cccc(F)c2)cc1. The molecule has 0 saturated carbocycles. The molecule has 0 N–H and O–H groups in total. The van der Waals surface area contributed by atoms with Gasteiger partial charge in [0.15, 0.2) is 5.78 Å². The maximum Gasteiger partial charge on any atom is 0.164 e. The van der Waals surface area contributed by atoms with Gasteiger partial charge in [0.1, 0.15) is 5.82 Å². The lowest BCUT2D eigenvalue weighted by Gasteiger charge is -2.16. The number of halogens is 1. The number of carbonyl (C=O) groups is 1. The Bertz CT molecular complexity index is 607. The Morgan fingerprint density at radius 3 is 2.52 bits per heavy atom. The molecule has 21 heavy (non-hydrogen) atoms. The largest absolute Gasteiger partial charge is 0.302 e. The van der Waals surface area contributed by atoms with Crippen LogP contribution in [0.5, 0.6) is 0 Å². The van der Waals surface area contributed by atoms with Gasteiger partial charge in [0, 0.05) is 25.1 Å². The molecule has 0 radical (unpaired) electrons. The van der Waals surface area contributed by atoms with Gasteiger partial charge in [-0.05, 0) is 31.7 Å². The number of benzene rings is 2. The van der Waals surface area contributed by atoms with E-state index in [1.807, 2.05) is 49.2 Å². The highest BCUT2D eigenvalue weighted by atomic mass is 19.1. The smallest absolute Gasteiger partial charge is 0.164 e. The Labute approximate surface area is 125 Å². The molecular formula is C18H20FNO. The summed E-state index contributed by atoms with van der Waals surface area (Å²) in [5.41, 5.74) is 2.81. The van der Waals surface area contributed by atoms with Gasteiger partial charge in [0.05, 0.1) is 0 Å². The average Bonchev–Trinajstić information content (AvgIpc) is 2.45. The Morgan fingerprint density at radius 2 is 1.86 bits per heavy atom. The van der Waals surface area contributed by atoms with Crippen molar-refractivity contribution in [1.29, 1.82) is 0 Å². The van der Waals surface area contributed by atoms with Crippen molar-refractivity contribution in [2.75, 3.05) is 13.6 Å². The summed E-state index contributed by atoms with van der Waals surface area (Å²) < 4.78 is 13.1. The summed E-state index contributed by atoms with van der Waals surface area (Å²) in [5, 5.41) is 0. The van der Waals surface area contributed by atoms with Gasteiger partial charge in [-0.3, -0.25) is 4.79 Å². The molecule has 3 heteroatoms. The van der Waals surface area contributed by atoms with Gasteiger partial charge in [-0.25, -0.2) is 4.39 Å². The van der Waals surface area contributed by atoms with Crippen molar-refractivity contribution in [2.45, 2.75) is 19.9 Å². The van der Waals surface area contributed by atoms with E-state index >= 15 is 0 Å². The number of aryl methyl sites for hydroxylation is 1. The van der Waals surface area contributed by atoms with Crippen LogP contribution in [0.4, 0.5) is 4.39 Å². The summed E-state index contributed by atoms with van der Waals surface area (Å²) in [4.78, 5) is 14.1. The predicted octanol–water partition coefficient (Wildman–Crippen LogP) is 3.84. The number of carbonyl (C=O) groups excluding carboxylic acids is 1. The molecular weight excluding hydrogens is 265 g/mol. The molecule has 2 aromatic rings. The first kappa shape index (κ1) is 15.4. The van der Waals surface area contributed by atoms with Crippen LogP contribution in [-0.4, -0.2) is 24.3 Å². The summed E-state index contributed by atoms with van der Waals surface area (Å²) >= 11 is 0. The molecule has 0 fully saturated rings. The van der Waals surface area contributed by atoms with Crippen molar-refractivity contribution in [3.05, 3.63) is 71.0 Å². The van der Waals surface area contributed by atoms with Gasteiger partial charge in [0.25, 0.3) is 0 Å². The second-order valence-corrected chi connectivity index (χ2v) is 5.41.